The molecule has 0 saturated heterocycles. The van der Waals surface area contributed by atoms with E-state index in [1.807, 2.05) is 13.8 Å². The molecule has 0 fully saturated rings. The normalized spacial score (nSPS) is 14.2. The Balaban J connectivity index is 2.43. The van der Waals surface area contributed by atoms with Gasteiger partial charge in [0.1, 0.15) is 5.75 Å². The Morgan fingerprint density at radius 3 is 2.56 bits per heavy atom. The van der Waals surface area contributed by atoms with E-state index in [2.05, 4.69) is 0 Å². The molecule has 2 rings (SSSR count). The van der Waals surface area contributed by atoms with Crippen LogP contribution in [0, 0.1) is 0 Å². The van der Waals surface area contributed by atoms with Gasteiger partial charge in [0.05, 0.1) is 6.61 Å². The lowest BCUT2D eigenvalue weighted by molar-refractivity contribution is 0.0981. The molecule has 0 spiro atoms. The van der Waals surface area contributed by atoms with Crippen LogP contribution in [0.5, 0.6) is 5.75 Å². The van der Waals surface area contributed by atoms with Gasteiger partial charge in [0.25, 0.3) is 0 Å². The van der Waals surface area contributed by atoms with Gasteiger partial charge in [-0.2, -0.15) is 0 Å². The lowest BCUT2D eigenvalue weighted by atomic mass is 9.87. The van der Waals surface area contributed by atoms with E-state index in [1.54, 1.807) is 18.2 Å². The molecule has 1 aromatic rings. The molecule has 1 aromatic carbocycles. The molecule has 0 aliphatic heterocycles. The van der Waals surface area contributed by atoms with Gasteiger partial charge in [-0.05, 0) is 37.6 Å². The van der Waals surface area contributed by atoms with Gasteiger partial charge in [0.15, 0.2) is 11.6 Å². The third-order valence-corrected chi connectivity index (χ3v) is 2.93. The van der Waals surface area contributed by atoms with Crippen LogP contribution >= 0.6 is 0 Å². The van der Waals surface area contributed by atoms with Crippen molar-refractivity contribution in [1.82, 2.24) is 0 Å². The fourth-order valence-electron chi connectivity index (χ4n) is 2.11. The molecule has 94 valence electrons. The summed E-state index contributed by atoms with van der Waals surface area (Å²) in [6, 6.07) is 5.06. The minimum absolute atomic E-state index is 0.0481. The molecule has 0 bridgehead atoms. The quantitative estimate of drug-likeness (QED) is 0.817. The number of ketones is 2. The Morgan fingerprint density at radius 2 is 1.89 bits per heavy atom. The Morgan fingerprint density at radius 1 is 1.11 bits per heavy atom. The molecule has 3 nitrogen and oxygen atoms in total. The molecular formula is C15H16O3. The minimum atomic E-state index is -0.0869. The van der Waals surface area contributed by atoms with Crippen molar-refractivity contribution in [3.05, 3.63) is 41.0 Å². The van der Waals surface area contributed by atoms with Crippen molar-refractivity contribution in [2.45, 2.75) is 26.7 Å². The molecule has 0 amide bonds. The number of fused-ring (bicyclic) bond motifs is 1. The van der Waals surface area contributed by atoms with Gasteiger partial charge in [0.2, 0.25) is 0 Å². The number of allylic oxidation sites excluding steroid dienone is 2. The average Bonchev–Trinajstić information content (AvgIpc) is 2.36. The Hall–Kier alpha value is -1.90. The largest absolute Gasteiger partial charge is 0.494 e. The summed E-state index contributed by atoms with van der Waals surface area (Å²) in [5, 5.41) is 0. The van der Waals surface area contributed by atoms with E-state index in [0.717, 1.165) is 6.42 Å². The zero-order valence-electron chi connectivity index (χ0n) is 10.7. The third kappa shape index (κ3) is 2.21. The fraction of sp³-hybridized carbons (Fsp3) is 0.333. The second kappa shape index (κ2) is 5.17. The minimum Gasteiger partial charge on any atom is -0.494 e. The highest BCUT2D eigenvalue weighted by Gasteiger charge is 2.25. The fourth-order valence-corrected chi connectivity index (χ4v) is 2.11. The molecule has 1 aliphatic carbocycles. The second-order valence-electron chi connectivity index (χ2n) is 4.25. The van der Waals surface area contributed by atoms with Gasteiger partial charge in [-0.1, -0.05) is 13.3 Å². The van der Waals surface area contributed by atoms with Gasteiger partial charge in [-0.15, -0.1) is 0 Å². The van der Waals surface area contributed by atoms with Crippen molar-refractivity contribution in [3.8, 4) is 5.75 Å². The number of rotatable bonds is 4. The summed E-state index contributed by atoms with van der Waals surface area (Å²) in [5.41, 5.74) is 1.55. The highest BCUT2D eigenvalue weighted by molar-refractivity contribution is 6.24. The maximum absolute atomic E-state index is 12.2. The van der Waals surface area contributed by atoms with Gasteiger partial charge >= 0.3 is 0 Å². The number of hydrogen-bond donors (Lipinski definition) is 0. The van der Waals surface area contributed by atoms with E-state index >= 15 is 0 Å². The first-order valence-electron chi connectivity index (χ1n) is 6.23. The molecule has 0 saturated carbocycles. The van der Waals surface area contributed by atoms with Crippen LogP contribution in [-0.2, 0) is 0 Å². The van der Waals surface area contributed by atoms with Crippen molar-refractivity contribution in [1.29, 1.82) is 0 Å². The number of carbonyl (C=O) groups is 2. The van der Waals surface area contributed by atoms with Crippen molar-refractivity contribution in [3.63, 3.8) is 0 Å². The van der Waals surface area contributed by atoms with E-state index in [0.29, 0.717) is 35.5 Å². The average molecular weight is 244 g/mol. The third-order valence-electron chi connectivity index (χ3n) is 2.93. The van der Waals surface area contributed by atoms with Crippen molar-refractivity contribution in [2.75, 3.05) is 6.61 Å². The maximum Gasteiger partial charge on any atom is 0.190 e. The highest BCUT2D eigenvalue weighted by atomic mass is 16.5. The van der Waals surface area contributed by atoms with E-state index in [4.69, 9.17) is 4.74 Å². The van der Waals surface area contributed by atoms with Crippen molar-refractivity contribution < 1.29 is 14.3 Å². The molecule has 1 aliphatic rings. The maximum atomic E-state index is 12.2. The summed E-state index contributed by atoms with van der Waals surface area (Å²) in [6.07, 6.45) is 2.96. The topological polar surface area (TPSA) is 43.4 Å². The first kappa shape index (κ1) is 12.6. The molecule has 0 radical (unpaired) electrons. The summed E-state index contributed by atoms with van der Waals surface area (Å²) in [4.78, 5) is 24.1. The highest BCUT2D eigenvalue weighted by Crippen LogP contribution is 2.27. The zero-order valence-corrected chi connectivity index (χ0v) is 10.7. The summed E-state index contributed by atoms with van der Waals surface area (Å²) in [6.45, 7) is 4.41. The lowest BCUT2D eigenvalue weighted by Crippen LogP contribution is -2.17. The number of Topliss-reactive ketones (excluding diaryl/α,β-unsaturated/α-hetero) is 1. The summed E-state index contributed by atoms with van der Waals surface area (Å²) in [5.74, 6) is 0.499. The predicted octanol–water partition coefficient (Wildman–Crippen LogP) is 3.19. The number of carbonyl (C=O) groups excluding carboxylic acids is 2. The number of hydrogen-bond acceptors (Lipinski definition) is 3. The van der Waals surface area contributed by atoms with Crippen molar-refractivity contribution >= 4 is 11.6 Å². The molecule has 0 atom stereocenters. The molecule has 0 unspecified atom stereocenters. The molecule has 0 N–H and O–H groups in total. The summed E-state index contributed by atoms with van der Waals surface area (Å²) >= 11 is 0. The van der Waals surface area contributed by atoms with Crippen LogP contribution in [0.3, 0.4) is 0 Å². The molecule has 0 heterocycles. The summed E-state index contributed by atoms with van der Waals surface area (Å²) in [7, 11) is 0. The van der Waals surface area contributed by atoms with Gasteiger partial charge in [0, 0.05) is 16.7 Å². The van der Waals surface area contributed by atoms with Gasteiger partial charge < -0.3 is 4.74 Å². The van der Waals surface area contributed by atoms with Crippen molar-refractivity contribution in [2.24, 2.45) is 0 Å². The van der Waals surface area contributed by atoms with Gasteiger partial charge in [-0.25, -0.2) is 0 Å². The Labute approximate surface area is 106 Å². The van der Waals surface area contributed by atoms with Gasteiger partial charge in [-0.3, -0.25) is 9.59 Å². The lowest BCUT2D eigenvalue weighted by Gasteiger charge is -2.15. The first-order chi connectivity index (χ1) is 8.67. The molecule has 3 heteroatoms. The molecule has 0 aromatic heterocycles. The van der Waals surface area contributed by atoms with E-state index < -0.39 is 0 Å². The van der Waals surface area contributed by atoms with E-state index in [9.17, 15) is 9.59 Å². The zero-order chi connectivity index (χ0) is 13.1. The SMILES string of the molecule is CCCC1=CC(=O)c2ccc(OCC)cc2C1=O. The van der Waals surface area contributed by atoms with Crippen LogP contribution < -0.4 is 4.74 Å². The van der Waals surface area contributed by atoms with Crippen LogP contribution in [0.2, 0.25) is 0 Å². The van der Waals surface area contributed by atoms with Crippen LogP contribution in [0.1, 0.15) is 47.4 Å². The van der Waals surface area contributed by atoms with Crippen LogP contribution in [0.25, 0.3) is 0 Å². The Bertz CT molecular complexity index is 527. The number of benzene rings is 1. The number of ether oxygens (including phenoxy) is 1. The second-order valence-corrected chi connectivity index (χ2v) is 4.25. The van der Waals surface area contributed by atoms with Crippen LogP contribution in [0.4, 0.5) is 0 Å². The standard InChI is InChI=1S/C15H16O3/c1-3-5-10-8-14(16)12-7-6-11(18-4-2)9-13(12)15(10)17/h6-9H,3-5H2,1-2H3. The monoisotopic (exact) mass is 244 g/mol. The van der Waals surface area contributed by atoms with Crippen LogP contribution in [0.15, 0.2) is 29.8 Å². The molecule has 18 heavy (non-hydrogen) atoms. The molecular weight excluding hydrogens is 228 g/mol. The summed E-state index contributed by atoms with van der Waals surface area (Å²) < 4.78 is 5.37. The Kier molecular flexibility index (Phi) is 3.60. The van der Waals surface area contributed by atoms with E-state index in [1.165, 1.54) is 6.08 Å². The first-order valence-corrected chi connectivity index (χ1v) is 6.23. The van der Waals surface area contributed by atoms with Crippen LogP contribution in [-0.4, -0.2) is 18.2 Å². The van der Waals surface area contributed by atoms with E-state index in [-0.39, 0.29) is 11.6 Å². The predicted molar refractivity (Wildman–Crippen MR) is 69.3 cm³/mol. The smallest absolute Gasteiger partial charge is 0.190 e.